The lowest BCUT2D eigenvalue weighted by Crippen LogP contribution is -2.42. The Hall–Kier alpha value is -2.57. The largest absolute Gasteiger partial charge is 0.497 e. The van der Waals surface area contributed by atoms with Gasteiger partial charge in [-0.15, -0.1) is 0 Å². The number of imide groups is 1. The van der Waals surface area contributed by atoms with Gasteiger partial charge in [0.05, 0.1) is 12.7 Å². The summed E-state index contributed by atoms with van der Waals surface area (Å²) in [7, 11) is 1.52. The van der Waals surface area contributed by atoms with Crippen LogP contribution in [0.3, 0.4) is 0 Å². The molecule has 0 bridgehead atoms. The van der Waals surface area contributed by atoms with Gasteiger partial charge in [0.1, 0.15) is 5.75 Å². The van der Waals surface area contributed by atoms with Gasteiger partial charge in [0, 0.05) is 6.54 Å². The predicted octanol–water partition coefficient (Wildman–Crippen LogP) is 1.33. The molecule has 0 unspecified atom stereocenters. The second kappa shape index (κ2) is 8.66. The fourth-order valence-corrected chi connectivity index (χ4v) is 1.45. The highest BCUT2D eigenvalue weighted by atomic mass is 16.5. The second-order valence-corrected chi connectivity index (χ2v) is 4.96. The molecule has 22 heavy (non-hydrogen) atoms. The number of esters is 1. The molecule has 0 heterocycles. The molecule has 0 aliphatic carbocycles. The summed E-state index contributed by atoms with van der Waals surface area (Å²) in [5.41, 5.74) is 0.290. The molecule has 120 valence electrons. The zero-order chi connectivity index (χ0) is 16.5. The Labute approximate surface area is 129 Å². The molecule has 0 radical (unpaired) electrons. The van der Waals surface area contributed by atoms with Crippen LogP contribution in [0.1, 0.15) is 24.2 Å². The fourth-order valence-electron chi connectivity index (χ4n) is 1.45. The van der Waals surface area contributed by atoms with Crippen molar-refractivity contribution in [1.82, 2.24) is 10.6 Å². The van der Waals surface area contributed by atoms with Gasteiger partial charge >= 0.3 is 12.0 Å². The number of amides is 3. The normalized spacial score (nSPS) is 10.0. The van der Waals surface area contributed by atoms with E-state index in [1.165, 1.54) is 19.2 Å². The quantitative estimate of drug-likeness (QED) is 0.773. The molecule has 3 amide bonds. The molecule has 1 aromatic carbocycles. The smallest absolute Gasteiger partial charge is 0.338 e. The predicted molar refractivity (Wildman–Crippen MR) is 79.7 cm³/mol. The van der Waals surface area contributed by atoms with Gasteiger partial charge in [0.25, 0.3) is 5.91 Å². The van der Waals surface area contributed by atoms with Crippen LogP contribution in [-0.2, 0) is 9.53 Å². The van der Waals surface area contributed by atoms with Crippen LogP contribution < -0.4 is 15.4 Å². The van der Waals surface area contributed by atoms with Crippen molar-refractivity contribution in [2.24, 2.45) is 5.92 Å². The molecule has 0 saturated carbocycles. The summed E-state index contributed by atoms with van der Waals surface area (Å²) in [5.74, 6) is -0.464. The SMILES string of the molecule is COc1ccc(C(=O)OCC(=O)NC(=O)NCC(C)C)cc1. The first-order chi connectivity index (χ1) is 10.4. The molecule has 7 heteroatoms. The van der Waals surface area contributed by atoms with E-state index in [1.807, 2.05) is 13.8 Å². The van der Waals surface area contributed by atoms with E-state index in [4.69, 9.17) is 9.47 Å². The van der Waals surface area contributed by atoms with Gasteiger partial charge in [0.2, 0.25) is 0 Å². The van der Waals surface area contributed by atoms with Crippen LogP contribution in [0.2, 0.25) is 0 Å². The van der Waals surface area contributed by atoms with E-state index in [1.54, 1.807) is 12.1 Å². The Bertz CT molecular complexity index is 525. The monoisotopic (exact) mass is 308 g/mol. The van der Waals surface area contributed by atoms with Crippen LogP contribution in [0.15, 0.2) is 24.3 Å². The summed E-state index contributed by atoms with van der Waals surface area (Å²) in [6.45, 7) is 3.78. The van der Waals surface area contributed by atoms with Crippen LogP contribution in [0.25, 0.3) is 0 Å². The number of methoxy groups -OCH3 is 1. The number of rotatable bonds is 6. The van der Waals surface area contributed by atoms with Crippen molar-refractivity contribution in [2.75, 3.05) is 20.3 Å². The molecule has 1 rings (SSSR count). The highest BCUT2D eigenvalue weighted by Crippen LogP contribution is 2.11. The maximum Gasteiger partial charge on any atom is 0.338 e. The Balaban J connectivity index is 2.36. The number of carbonyl (C=O) groups excluding carboxylic acids is 3. The first-order valence-corrected chi connectivity index (χ1v) is 6.81. The van der Waals surface area contributed by atoms with E-state index >= 15 is 0 Å². The Morgan fingerprint density at radius 2 is 1.77 bits per heavy atom. The van der Waals surface area contributed by atoms with E-state index in [0.29, 0.717) is 12.3 Å². The zero-order valence-electron chi connectivity index (χ0n) is 12.8. The maximum atomic E-state index is 11.7. The zero-order valence-corrected chi connectivity index (χ0v) is 12.8. The molecule has 0 spiro atoms. The van der Waals surface area contributed by atoms with Crippen LogP contribution in [0.5, 0.6) is 5.75 Å². The number of urea groups is 1. The van der Waals surface area contributed by atoms with Gasteiger partial charge in [-0.1, -0.05) is 13.8 Å². The van der Waals surface area contributed by atoms with Crippen molar-refractivity contribution in [2.45, 2.75) is 13.8 Å². The molecule has 0 fully saturated rings. The average molecular weight is 308 g/mol. The third-order valence-corrected chi connectivity index (χ3v) is 2.58. The highest BCUT2D eigenvalue weighted by Gasteiger charge is 2.12. The van der Waals surface area contributed by atoms with Gasteiger partial charge in [-0.2, -0.15) is 0 Å². The summed E-state index contributed by atoms with van der Waals surface area (Å²) in [6, 6.07) is 5.65. The van der Waals surface area contributed by atoms with Gasteiger partial charge in [-0.3, -0.25) is 10.1 Å². The Morgan fingerprint density at radius 3 is 2.32 bits per heavy atom. The Kier molecular flexibility index (Phi) is 6.88. The molecule has 0 aliphatic rings. The van der Waals surface area contributed by atoms with Crippen LogP contribution in [0, 0.1) is 5.92 Å². The van der Waals surface area contributed by atoms with Crippen molar-refractivity contribution < 1.29 is 23.9 Å². The van der Waals surface area contributed by atoms with Crippen molar-refractivity contribution in [1.29, 1.82) is 0 Å². The number of ether oxygens (including phenoxy) is 2. The van der Waals surface area contributed by atoms with Crippen LogP contribution in [-0.4, -0.2) is 38.2 Å². The average Bonchev–Trinajstić information content (AvgIpc) is 2.50. The summed E-state index contributed by atoms with van der Waals surface area (Å²) in [5, 5.41) is 4.59. The summed E-state index contributed by atoms with van der Waals surface area (Å²) < 4.78 is 9.79. The van der Waals surface area contributed by atoms with Crippen molar-refractivity contribution >= 4 is 17.9 Å². The highest BCUT2D eigenvalue weighted by molar-refractivity contribution is 5.97. The molecular weight excluding hydrogens is 288 g/mol. The van der Waals surface area contributed by atoms with E-state index in [-0.39, 0.29) is 11.5 Å². The van der Waals surface area contributed by atoms with Crippen molar-refractivity contribution in [3.63, 3.8) is 0 Å². The number of carbonyl (C=O) groups is 3. The van der Waals surface area contributed by atoms with Crippen molar-refractivity contribution in [3.8, 4) is 5.75 Å². The van der Waals surface area contributed by atoms with Crippen molar-refractivity contribution in [3.05, 3.63) is 29.8 Å². The lowest BCUT2D eigenvalue weighted by Gasteiger charge is -2.09. The summed E-state index contributed by atoms with van der Waals surface area (Å²) >= 11 is 0. The minimum absolute atomic E-state index is 0.272. The molecule has 0 aromatic heterocycles. The molecular formula is C15H20N2O5. The van der Waals surface area contributed by atoms with Gasteiger partial charge in [-0.05, 0) is 30.2 Å². The summed E-state index contributed by atoms with van der Waals surface area (Å²) in [6.07, 6.45) is 0. The second-order valence-electron chi connectivity index (χ2n) is 4.96. The van der Waals surface area contributed by atoms with Crippen LogP contribution in [0.4, 0.5) is 4.79 Å². The molecule has 0 atom stereocenters. The molecule has 2 N–H and O–H groups in total. The molecule has 0 aliphatic heterocycles. The minimum atomic E-state index is -0.692. The van der Waals surface area contributed by atoms with E-state index in [9.17, 15) is 14.4 Å². The van der Waals surface area contributed by atoms with E-state index < -0.39 is 24.5 Å². The third-order valence-electron chi connectivity index (χ3n) is 2.58. The minimum Gasteiger partial charge on any atom is -0.497 e. The first-order valence-electron chi connectivity index (χ1n) is 6.81. The first kappa shape index (κ1) is 17.5. The number of benzene rings is 1. The van der Waals surface area contributed by atoms with Gasteiger partial charge < -0.3 is 14.8 Å². The number of hydrogen-bond acceptors (Lipinski definition) is 5. The van der Waals surface area contributed by atoms with E-state index in [0.717, 1.165) is 0 Å². The van der Waals surface area contributed by atoms with Crippen LogP contribution >= 0.6 is 0 Å². The Morgan fingerprint density at radius 1 is 1.14 bits per heavy atom. The molecule has 1 aromatic rings. The maximum absolute atomic E-state index is 11.7. The van der Waals surface area contributed by atoms with Gasteiger partial charge in [-0.25, -0.2) is 9.59 Å². The lowest BCUT2D eigenvalue weighted by atomic mass is 10.2. The van der Waals surface area contributed by atoms with Gasteiger partial charge in [0.15, 0.2) is 6.61 Å². The fraction of sp³-hybridized carbons (Fsp3) is 0.400. The molecule has 0 saturated heterocycles. The third kappa shape index (κ3) is 6.25. The summed E-state index contributed by atoms with van der Waals surface area (Å²) in [4.78, 5) is 34.5. The lowest BCUT2D eigenvalue weighted by molar-refractivity contribution is -0.123. The number of hydrogen-bond donors (Lipinski definition) is 2. The standard InChI is InChI=1S/C15H20N2O5/c1-10(2)8-16-15(20)17-13(18)9-22-14(19)11-4-6-12(21-3)7-5-11/h4-7,10H,8-9H2,1-3H3,(H2,16,17,18,20). The molecule has 7 nitrogen and oxygen atoms in total. The number of nitrogens with one attached hydrogen (secondary N) is 2. The van der Waals surface area contributed by atoms with E-state index in [2.05, 4.69) is 10.6 Å². The topological polar surface area (TPSA) is 93.7 Å².